The summed E-state index contributed by atoms with van der Waals surface area (Å²) in [5.41, 5.74) is -1.21. The minimum atomic E-state index is -0.650. The SMILES string of the molecule is CCC1(OC(=O)COC(=O)C(C)(C)C(C)(C)C)CCCC1. The Labute approximate surface area is 128 Å². The Bertz CT molecular complexity index is 384. The predicted octanol–water partition coefficient (Wildman–Crippen LogP) is 3.87. The molecule has 1 saturated carbocycles. The molecule has 0 saturated heterocycles. The van der Waals surface area contributed by atoms with Gasteiger partial charge in [0.05, 0.1) is 5.41 Å². The molecule has 0 spiro atoms. The number of rotatable bonds is 5. The first kappa shape index (κ1) is 18.0. The van der Waals surface area contributed by atoms with Crippen molar-refractivity contribution in [2.75, 3.05) is 6.61 Å². The highest BCUT2D eigenvalue weighted by Gasteiger charge is 2.42. The van der Waals surface area contributed by atoms with Gasteiger partial charge < -0.3 is 9.47 Å². The molecule has 0 aliphatic heterocycles. The predicted molar refractivity (Wildman–Crippen MR) is 81.8 cm³/mol. The Kier molecular flexibility index (Phi) is 5.46. The maximum atomic E-state index is 12.2. The van der Waals surface area contributed by atoms with E-state index in [-0.39, 0.29) is 23.6 Å². The molecule has 1 rings (SSSR count). The van der Waals surface area contributed by atoms with E-state index in [1.165, 1.54) is 0 Å². The van der Waals surface area contributed by atoms with E-state index in [2.05, 4.69) is 0 Å². The van der Waals surface area contributed by atoms with Gasteiger partial charge in [0.15, 0.2) is 6.61 Å². The molecule has 0 unspecified atom stereocenters. The molecule has 0 aromatic heterocycles. The number of carbonyl (C=O) groups excluding carboxylic acids is 2. The molecule has 0 heterocycles. The van der Waals surface area contributed by atoms with Crippen molar-refractivity contribution in [2.45, 2.75) is 79.2 Å². The van der Waals surface area contributed by atoms with E-state index in [9.17, 15) is 9.59 Å². The van der Waals surface area contributed by atoms with E-state index in [0.29, 0.717) is 0 Å². The van der Waals surface area contributed by atoms with Gasteiger partial charge in [-0.25, -0.2) is 4.79 Å². The maximum Gasteiger partial charge on any atom is 0.344 e. The molecule has 0 aromatic carbocycles. The van der Waals surface area contributed by atoms with E-state index in [1.807, 2.05) is 41.5 Å². The number of esters is 2. The normalized spacial score (nSPS) is 18.4. The molecule has 0 aromatic rings. The van der Waals surface area contributed by atoms with Crippen LogP contribution in [0.25, 0.3) is 0 Å². The van der Waals surface area contributed by atoms with Gasteiger partial charge >= 0.3 is 11.9 Å². The van der Waals surface area contributed by atoms with Crippen molar-refractivity contribution >= 4 is 11.9 Å². The number of hydrogen-bond donors (Lipinski definition) is 0. The highest BCUT2D eigenvalue weighted by molar-refractivity contribution is 5.80. The lowest BCUT2D eigenvalue weighted by Gasteiger charge is -2.36. The molecular weight excluding hydrogens is 268 g/mol. The first-order chi connectivity index (χ1) is 9.54. The second kappa shape index (κ2) is 6.37. The van der Waals surface area contributed by atoms with Gasteiger partial charge in [0.1, 0.15) is 5.60 Å². The van der Waals surface area contributed by atoms with Crippen LogP contribution in [-0.4, -0.2) is 24.1 Å². The Morgan fingerprint density at radius 3 is 2.00 bits per heavy atom. The lowest BCUT2D eigenvalue weighted by atomic mass is 9.69. The molecule has 0 bridgehead atoms. The van der Waals surface area contributed by atoms with Crippen molar-refractivity contribution < 1.29 is 19.1 Å². The fourth-order valence-corrected chi connectivity index (χ4v) is 2.43. The molecule has 0 radical (unpaired) electrons. The number of carbonyl (C=O) groups is 2. The van der Waals surface area contributed by atoms with Crippen molar-refractivity contribution in [3.63, 3.8) is 0 Å². The van der Waals surface area contributed by atoms with Gasteiger partial charge in [0, 0.05) is 0 Å². The summed E-state index contributed by atoms with van der Waals surface area (Å²) in [7, 11) is 0. The third-order valence-corrected chi connectivity index (χ3v) is 5.20. The maximum absolute atomic E-state index is 12.2. The zero-order valence-corrected chi connectivity index (χ0v) is 14.4. The summed E-state index contributed by atoms with van der Waals surface area (Å²) in [6, 6.07) is 0. The highest BCUT2D eigenvalue weighted by Crippen LogP contribution is 2.39. The Morgan fingerprint density at radius 1 is 1.05 bits per heavy atom. The fourth-order valence-electron chi connectivity index (χ4n) is 2.43. The van der Waals surface area contributed by atoms with Crippen molar-refractivity contribution in [1.82, 2.24) is 0 Å². The molecule has 1 aliphatic rings. The molecule has 1 fully saturated rings. The summed E-state index contributed by atoms with van der Waals surface area (Å²) in [5, 5.41) is 0. The van der Waals surface area contributed by atoms with Crippen LogP contribution in [0.15, 0.2) is 0 Å². The second-order valence-electron chi connectivity index (χ2n) is 7.67. The zero-order chi connectivity index (χ0) is 16.3. The van der Waals surface area contributed by atoms with Crippen LogP contribution in [0, 0.1) is 10.8 Å². The van der Waals surface area contributed by atoms with Gasteiger partial charge in [-0.3, -0.25) is 4.79 Å². The lowest BCUT2D eigenvalue weighted by molar-refractivity contribution is -0.176. The minimum Gasteiger partial charge on any atom is -0.457 e. The van der Waals surface area contributed by atoms with E-state index in [0.717, 1.165) is 32.1 Å². The van der Waals surface area contributed by atoms with E-state index < -0.39 is 11.4 Å². The average Bonchev–Trinajstić information content (AvgIpc) is 2.83. The smallest absolute Gasteiger partial charge is 0.344 e. The van der Waals surface area contributed by atoms with Crippen LogP contribution in [-0.2, 0) is 19.1 Å². The highest BCUT2D eigenvalue weighted by atomic mass is 16.6. The molecule has 21 heavy (non-hydrogen) atoms. The third-order valence-electron chi connectivity index (χ3n) is 5.20. The Hall–Kier alpha value is -1.06. The first-order valence-electron chi connectivity index (χ1n) is 7.93. The van der Waals surface area contributed by atoms with Crippen LogP contribution in [0.4, 0.5) is 0 Å². The van der Waals surface area contributed by atoms with Gasteiger partial charge in [-0.15, -0.1) is 0 Å². The van der Waals surface area contributed by atoms with Crippen LogP contribution in [0.1, 0.15) is 73.6 Å². The molecule has 122 valence electrons. The van der Waals surface area contributed by atoms with Crippen LogP contribution >= 0.6 is 0 Å². The summed E-state index contributed by atoms with van der Waals surface area (Å²) < 4.78 is 10.8. The molecule has 0 amide bonds. The van der Waals surface area contributed by atoms with Crippen molar-refractivity contribution in [2.24, 2.45) is 10.8 Å². The first-order valence-corrected chi connectivity index (χ1v) is 7.93. The zero-order valence-electron chi connectivity index (χ0n) is 14.4. The lowest BCUT2D eigenvalue weighted by Crippen LogP contribution is -2.40. The van der Waals surface area contributed by atoms with Crippen molar-refractivity contribution in [3.05, 3.63) is 0 Å². The monoisotopic (exact) mass is 298 g/mol. The standard InChI is InChI=1S/C17H30O4/c1-7-17(10-8-9-11-17)21-13(18)12-20-14(19)16(5,6)15(2,3)4/h7-12H2,1-6H3. The van der Waals surface area contributed by atoms with Gasteiger partial charge in [0.25, 0.3) is 0 Å². The Morgan fingerprint density at radius 2 is 1.57 bits per heavy atom. The molecule has 4 heteroatoms. The number of ether oxygens (including phenoxy) is 2. The van der Waals surface area contributed by atoms with Crippen molar-refractivity contribution in [3.8, 4) is 0 Å². The molecule has 0 N–H and O–H groups in total. The summed E-state index contributed by atoms with van der Waals surface area (Å²) in [6.45, 7) is 11.4. The summed E-state index contributed by atoms with van der Waals surface area (Å²) in [6.07, 6.45) is 4.84. The minimum absolute atomic E-state index is 0.232. The van der Waals surface area contributed by atoms with Crippen LogP contribution in [0.5, 0.6) is 0 Å². The largest absolute Gasteiger partial charge is 0.457 e. The average molecular weight is 298 g/mol. The number of hydrogen-bond acceptors (Lipinski definition) is 4. The van der Waals surface area contributed by atoms with Crippen LogP contribution in [0.2, 0.25) is 0 Å². The van der Waals surface area contributed by atoms with Gasteiger partial charge in [0.2, 0.25) is 0 Å². The topological polar surface area (TPSA) is 52.6 Å². The fraction of sp³-hybridized carbons (Fsp3) is 0.882. The molecule has 4 nitrogen and oxygen atoms in total. The second-order valence-corrected chi connectivity index (χ2v) is 7.67. The summed E-state index contributed by atoms with van der Waals surface area (Å²) >= 11 is 0. The molecule has 0 atom stereocenters. The van der Waals surface area contributed by atoms with E-state index in [1.54, 1.807) is 0 Å². The van der Waals surface area contributed by atoms with Crippen molar-refractivity contribution in [1.29, 1.82) is 0 Å². The third kappa shape index (κ3) is 4.21. The van der Waals surface area contributed by atoms with Gasteiger partial charge in [-0.2, -0.15) is 0 Å². The van der Waals surface area contributed by atoms with Crippen LogP contribution < -0.4 is 0 Å². The molecule has 1 aliphatic carbocycles. The van der Waals surface area contributed by atoms with Gasteiger partial charge in [-0.1, -0.05) is 27.7 Å². The molecular formula is C17H30O4. The summed E-state index contributed by atoms with van der Waals surface area (Å²) in [4.78, 5) is 24.1. The van der Waals surface area contributed by atoms with Crippen LogP contribution in [0.3, 0.4) is 0 Å². The van der Waals surface area contributed by atoms with Gasteiger partial charge in [-0.05, 0) is 51.4 Å². The van der Waals surface area contributed by atoms with E-state index in [4.69, 9.17) is 9.47 Å². The Balaban J connectivity index is 2.52. The van der Waals surface area contributed by atoms with E-state index >= 15 is 0 Å². The summed E-state index contributed by atoms with van der Waals surface area (Å²) in [5.74, 6) is -0.791. The quantitative estimate of drug-likeness (QED) is 0.723.